The molecule has 6 nitrogen and oxygen atoms in total. The maximum atomic E-state index is 12.0. The number of aromatic carboxylic acids is 1. The number of carbonyl (C=O) groups excluding carboxylic acids is 1. The third kappa shape index (κ3) is 3.19. The van der Waals surface area contributed by atoms with Crippen molar-refractivity contribution in [1.29, 1.82) is 0 Å². The molecule has 18 heavy (non-hydrogen) atoms. The summed E-state index contributed by atoms with van der Waals surface area (Å²) in [6, 6.07) is 1.41. The number of ether oxygens (including phenoxy) is 2. The highest BCUT2D eigenvalue weighted by Gasteiger charge is 2.27. The summed E-state index contributed by atoms with van der Waals surface area (Å²) >= 11 is 0. The van der Waals surface area contributed by atoms with Crippen LogP contribution in [-0.2, 0) is 4.74 Å². The Morgan fingerprint density at radius 1 is 1.33 bits per heavy atom. The SMILES string of the molecule is COc1ccnc(C(=O)O)c1C(=O)OC(C)(C)C. The first-order valence-corrected chi connectivity index (χ1v) is 5.26. The topological polar surface area (TPSA) is 85.7 Å². The minimum atomic E-state index is -1.31. The largest absolute Gasteiger partial charge is 0.496 e. The molecule has 0 fully saturated rings. The zero-order valence-corrected chi connectivity index (χ0v) is 10.7. The van der Waals surface area contributed by atoms with Gasteiger partial charge in [0.25, 0.3) is 0 Å². The number of esters is 1. The quantitative estimate of drug-likeness (QED) is 0.826. The van der Waals surface area contributed by atoms with Gasteiger partial charge in [0.15, 0.2) is 5.69 Å². The van der Waals surface area contributed by atoms with Crippen LogP contribution in [0.15, 0.2) is 12.3 Å². The Morgan fingerprint density at radius 3 is 2.39 bits per heavy atom. The van der Waals surface area contributed by atoms with E-state index in [1.165, 1.54) is 19.4 Å². The lowest BCUT2D eigenvalue weighted by Gasteiger charge is -2.20. The van der Waals surface area contributed by atoms with Crippen LogP contribution >= 0.6 is 0 Å². The van der Waals surface area contributed by atoms with Crippen molar-refractivity contribution in [1.82, 2.24) is 4.98 Å². The van der Waals surface area contributed by atoms with E-state index in [0.717, 1.165) is 0 Å². The van der Waals surface area contributed by atoms with Crippen LogP contribution in [0.2, 0.25) is 0 Å². The van der Waals surface area contributed by atoms with Crippen LogP contribution in [0.5, 0.6) is 5.75 Å². The lowest BCUT2D eigenvalue weighted by Crippen LogP contribution is -2.26. The Kier molecular flexibility index (Phi) is 3.90. The lowest BCUT2D eigenvalue weighted by atomic mass is 10.1. The number of nitrogens with zero attached hydrogens (tertiary/aromatic N) is 1. The Bertz CT molecular complexity index is 476. The average Bonchev–Trinajstić information content (AvgIpc) is 2.25. The van der Waals surface area contributed by atoms with Crippen molar-refractivity contribution in [2.75, 3.05) is 7.11 Å². The Labute approximate surface area is 105 Å². The number of hydrogen-bond acceptors (Lipinski definition) is 5. The van der Waals surface area contributed by atoms with Crippen LogP contribution in [0.1, 0.15) is 41.6 Å². The third-order valence-electron chi connectivity index (χ3n) is 1.94. The van der Waals surface area contributed by atoms with E-state index >= 15 is 0 Å². The fourth-order valence-electron chi connectivity index (χ4n) is 1.30. The van der Waals surface area contributed by atoms with E-state index in [1.54, 1.807) is 20.8 Å². The second-order valence-electron chi connectivity index (χ2n) is 4.54. The number of methoxy groups -OCH3 is 1. The van der Waals surface area contributed by atoms with Gasteiger partial charge in [0.2, 0.25) is 0 Å². The van der Waals surface area contributed by atoms with Crippen LogP contribution in [-0.4, -0.2) is 34.7 Å². The van der Waals surface area contributed by atoms with Gasteiger partial charge in [0, 0.05) is 6.20 Å². The van der Waals surface area contributed by atoms with E-state index < -0.39 is 17.5 Å². The van der Waals surface area contributed by atoms with E-state index in [1.807, 2.05) is 0 Å². The minimum absolute atomic E-state index is 0.122. The van der Waals surface area contributed by atoms with Crippen molar-refractivity contribution < 1.29 is 24.2 Å². The van der Waals surface area contributed by atoms with Crippen molar-refractivity contribution >= 4 is 11.9 Å². The van der Waals surface area contributed by atoms with Crippen molar-refractivity contribution in [3.05, 3.63) is 23.5 Å². The lowest BCUT2D eigenvalue weighted by molar-refractivity contribution is 0.00619. The highest BCUT2D eigenvalue weighted by Crippen LogP contribution is 2.23. The molecule has 6 heteroatoms. The van der Waals surface area contributed by atoms with Crippen molar-refractivity contribution in [2.45, 2.75) is 26.4 Å². The van der Waals surface area contributed by atoms with Gasteiger partial charge < -0.3 is 14.6 Å². The molecule has 1 aromatic heterocycles. The highest BCUT2D eigenvalue weighted by molar-refractivity contribution is 6.03. The minimum Gasteiger partial charge on any atom is -0.496 e. The van der Waals surface area contributed by atoms with Gasteiger partial charge in [-0.3, -0.25) is 0 Å². The van der Waals surface area contributed by atoms with Gasteiger partial charge >= 0.3 is 11.9 Å². The number of aromatic nitrogens is 1. The number of carboxylic acids is 1. The Morgan fingerprint density at radius 2 is 1.94 bits per heavy atom. The molecule has 0 unspecified atom stereocenters. The van der Waals surface area contributed by atoms with Crippen LogP contribution in [0.3, 0.4) is 0 Å². The van der Waals surface area contributed by atoms with E-state index in [2.05, 4.69) is 4.98 Å². The van der Waals surface area contributed by atoms with Gasteiger partial charge in [0.1, 0.15) is 16.9 Å². The number of carboxylic acid groups (broad SMARTS) is 1. The molecule has 0 aliphatic rings. The van der Waals surface area contributed by atoms with Gasteiger partial charge in [-0.05, 0) is 26.8 Å². The van der Waals surface area contributed by atoms with Gasteiger partial charge in [-0.15, -0.1) is 0 Å². The number of carbonyl (C=O) groups is 2. The molecular weight excluding hydrogens is 238 g/mol. The maximum absolute atomic E-state index is 12.0. The van der Waals surface area contributed by atoms with Crippen molar-refractivity contribution in [3.8, 4) is 5.75 Å². The third-order valence-corrected chi connectivity index (χ3v) is 1.94. The normalized spacial score (nSPS) is 10.9. The van der Waals surface area contributed by atoms with Crippen LogP contribution in [0.25, 0.3) is 0 Å². The predicted octanol–water partition coefficient (Wildman–Crippen LogP) is 1.74. The number of hydrogen-bond donors (Lipinski definition) is 1. The van der Waals surface area contributed by atoms with Crippen LogP contribution in [0, 0.1) is 0 Å². The summed E-state index contributed by atoms with van der Waals surface area (Å²) in [5.41, 5.74) is -1.29. The van der Waals surface area contributed by atoms with E-state index in [9.17, 15) is 9.59 Å². The standard InChI is InChI=1S/C12H15NO5/c1-12(2,3)18-11(16)8-7(17-4)5-6-13-9(8)10(14)15/h5-6H,1-4H3,(H,14,15). The first-order valence-electron chi connectivity index (χ1n) is 5.26. The second kappa shape index (κ2) is 5.03. The van der Waals surface area contributed by atoms with Crippen LogP contribution < -0.4 is 4.74 Å². The molecule has 0 amide bonds. The molecule has 1 aromatic rings. The van der Waals surface area contributed by atoms with E-state index in [4.69, 9.17) is 14.6 Å². The molecule has 0 saturated carbocycles. The average molecular weight is 253 g/mol. The molecule has 0 aromatic carbocycles. The summed E-state index contributed by atoms with van der Waals surface area (Å²) in [5.74, 6) is -1.96. The molecule has 0 spiro atoms. The Balaban J connectivity index is 3.28. The molecule has 0 saturated heterocycles. The van der Waals surface area contributed by atoms with Crippen LogP contribution in [0.4, 0.5) is 0 Å². The summed E-state index contributed by atoms with van der Waals surface area (Å²) in [5, 5.41) is 9.01. The molecule has 0 aliphatic heterocycles. The maximum Gasteiger partial charge on any atom is 0.355 e. The van der Waals surface area contributed by atoms with Gasteiger partial charge in [0.05, 0.1) is 7.11 Å². The molecule has 0 bridgehead atoms. The zero-order chi connectivity index (χ0) is 13.9. The summed E-state index contributed by atoms with van der Waals surface area (Å²) in [4.78, 5) is 26.7. The number of rotatable bonds is 3. The van der Waals surface area contributed by atoms with Crippen molar-refractivity contribution in [2.24, 2.45) is 0 Å². The summed E-state index contributed by atoms with van der Waals surface area (Å²) in [6.07, 6.45) is 1.26. The van der Waals surface area contributed by atoms with E-state index in [0.29, 0.717) is 0 Å². The number of pyridine rings is 1. The molecule has 1 N–H and O–H groups in total. The molecule has 1 rings (SSSR count). The smallest absolute Gasteiger partial charge is 0.355 e. The Hall–Kier alpha value is -2.11. The first kappa shape index (κ1) is 14.0. The van der Waals surface area contributed by atoms with Crippen molar-refractivity contribution in [3.63, 3.8) is 0 Å². The van der Waals surface area contributed by atoms with Gasteiger partial charge in [-0.2, -0.15) is 0 Å². The van der Waals surface area contributed by atoms with Gasteiger partial charge in [-0.25, -0.2) is 14.6 Å². The fourth-order valence-corrected chi connectivity index (χ4v) is 1.30. The molecular formula is C12H15NO5. The van der Waals surface area contributed by atoms with Gasteiger partial charge in [-0.1, -0.05) is 0 Å². The second-order valence-corrected chi connectivity index (χ2v) is 4.54. The monoisotopic (exact) mass is 253 g/mol. The first-order chi connectivity index (χ1) is 8.26. The molecule has 0 aliphatic carbocycles. The molecule has 1 heterocycles. The zero-order valence-electron chi connectivity index (χ0n) is 10.7. The van der Waals surface area contributed by atoms with E-state index in [-0.39, 0.29) is 17.0 Å². The molecule has 0 atom stereocenters. The summed E-state index contributed by atoms with van der Waals surface area (Å²) in [7, 11) is 1.34. The summed E-state index contributed by atoms with van der Waals surface area (Å²) < 4.78 is 10.1. The molecule has 0 radical (unpaired) electrons. The molecule has 98 valence electrons. The predicted molar refractivity (Wildman–Crippen MR) is 62.9 cm³/mol. The highest BCUT2D eigenvalue weighted by atomic mass is 16.6. The fraction of sp³-hybridized carbons (Fsp3) is 0.417. The summed E-state index contributed by atoms with van der Waals surface area (Å²) in [6.45, 7) is 5.07.